The average molecular weight is 366 g/mol. The molecule has 0 saturated heterocycles. The van der Waals surface area contributed by atoms with E-state index in [1.165, 1.54) is 0 Å². The topological polar surface area (TPSA) is 122 Å². The third kappa shape index (κ3) is 3.59. The van der Waals surface area contributed by atoms with Gasteiger partial charge >= 0.3 is 0 Å². The van der Waals surface area contributed by atoms with Gasteiger partial charge in [-0.2, -0.15) is 5.10 Å². The quantitative estimate of drug-likeness (QED) is 0.639. The molecule has 0 unspecified atom stereocenters. The maximum atomic E-state index is 12.3. The molecule has 0 fully saturated rings. The van der Waals surface area contributed by atoms with Gasteiger partial charge in [-0.3, -0.25) is 9.89 Å². The van der Waals surface area contributed by atoms with Crippen molar-refractivity contribution in [3.8, 4) is 11.5 Å². The van der Waals surface area contributed by atoms with E-state index >= 15 is 0 Å². The lowest BCUT2D eigenvalue weighted by Gasteiger charge is -2.08. The van der Waals surface area contributed by atoms with Crippen molar-refractivity contribution in [3.05, 3.63) is 35.2 Å². The van der Waals surface area contributed by atoms with Crippen molar-refractivity contribution < 1.29 is 22.7 Å². The molecule has 3 rings (SSSR count). The number of hydrogen-bond donors (Lipinski definition) is 3. The van der Waals surface area contributed by atoms with E-state index in [4.69, 9.17) is 9.47 Å². The minimum atomic E-state index is -3.68. The average Bonchev–Trinajstić information content (AvgIpc) is 3.17. The number of nitrogens with one attached hydrogen (secondary N) is 3. The Bertz CT molecular complexity index is 887. The molecule has 2 aromatic rings. The van der Waals surface area contributed by atoms with Crippen molar-refractivity contribution in [1.29, 1.82) is 0 Å². The van der Waals surface area contributed by atoms with Gasteiger partial charge in [0.25, 0.3) is 5.91 Å². The van der Waals surface area contributed by atoms with Gasteiger partial charge in [0.1, 0.15) is 4.90 Å². The number of ether oxygens (including phenoxy) is 2. The fraction of sp³-hybridized carbons (Fsp3) is 0.333. The molecule has 0 radical (unpaired) electrons. The second-order valence-electron chi connectivity index (χ2n) is 5.48. The number of fused-ring (bicyclic) bond motifs is 1. The number of carbonyl (C=O) groups is 1. The lowest BCUT2D eigenvalue weighted by Crippen LogP contribution is -2.35. The molecule has 0 bridgehead atoms. The maximum absolute atomic E-state index is 12.3. The smallest absolute Gasteiger partial charge is 0.251 e. The highest BCUT2D eigenvalue weighted by Crippen LogP contribution is 2.32. The minimum absolute atomic E-state index is 0.0582. The summed E-state index contributed by atoms with van der Waals surface area (Å²) in [5, 5.41) is 9.16. The van der Waals surface area contributed by atoms with Crippen LogP contribution in [0.2, 0.25) is 0 Å². The van der Waals surface area contributed by atoms with E-state index < -0.39 is 10.0 Å². The molecule has 1 aliphatic heterocycles. The number of sulfonamides is 1. The lowest BCUT2D eigenvalue weighted by molar-refractivity contribution is 0.0954. The Kier molecular flexibility index (Phi) is 4.64. The molecule has 0 aliphatic carbocycles. The van der Waals surface area contributed by atoms with Crippen LogP contribution in [0.4, 0.5) is 0 Å². The van der Waals surface area contributed by atoms with Crippen molar-refractivity contribution in [3.63, 3.8) is 0 Å². The highest BCUT2D eigenvalue weighted by Gasteiger charge is 2.21. The monoisotopic (exact) mass is 366 g/mol. The van der Waals surface area contributed by atoms with Gasteiger partial charge in [0.15, 0.2) is 11.5 Å². The summed E-state index contributed by atoms with van der Waals surface area (Å²) in [6, 6.07) is 4.86. The van der Waals surface area contributed by atoms with Gasteiger partial charge in [0.05, 0.1) is 11.4 Å². The molecule has 0 saturated carbocycles. The van der Waals surface area contributed by atoms with Gasteiger partial charge in [-0.05, 0) is 32.0 Å². The van der Waals surface area contributed by atoms with Gasteiger partial charge in [0, 0.05) is 18.7 Å². The number of benzene rings is 1. The number of aromatic nitrogens is 2. The predicted octanol–water partition coefficient (Wildman–Crippen LogP) is 0.464. The largest absolute Gasteiger partial charge is 0.454 e. The molecule has 134 valence electrons. The first-order valence-electron chi connectivity index (χ1n) is 7.57. The van der Waals surface area contributed by atoms with Crippen LogP contribution < -0.4 is 19.5 Å². The minimum Gasteiger partial charge on any atom is -0.454 e. The fourth-order valence-electron chi connectivity index (χ4n) is 2.51. The number of hydrogen-bond acceptors (Lipinski definition) is 6. The Hall–Kier alpha value is -2.59. The van der Waals surface area contributed by atoms with E-state index in [0.29, 0.717) is 28.5 Å². The molecular weight excluding hydrogens is 348 g/mol. The third-order valence-electron chi connectivity index (χ3n) is 3.67. The number of amides is 1. The van der Waals surface area contributed by atoms with E-state index in [-0.39, 0.29) is 30.7 Å². The molecule has 2 heterocycles. The second kappa shape index (κ2) is 6.73. The Balaban J connectivity index is 1.54. The van der Waals surface area contributed by atoms with Crippen molar-refractivity contribution >= 4 is 15.9 Å². The van der Waals surface area contributed by atoms with Crippen molar-refractivity contribution in [2.45, 2.75) is 18.7 Å². The Morgan fingerprint density at radius 1 is 1.24 bits per heavy atom. The molecule has 0 spiro atoms. The molecule has 10 heteroatoms. The zero-order valence-corrected chi connectivity index (χ0v) is 14.6. The zero-order valence-electron chi connectivity index (χ0n) is 13.8. The van der Waals surface area contributed by atoms with Gasteiger partial charge < -0.3 is 14.8 Å². The fourth-order valence-corrected chi connectivity index (χ4v) is 3.91. The summed E-state index contributed by atoms with van der Waals surface area (Å²) < 4.78 is 37.4. The predicted molar refractivity (Wildman–Crippen MR) is 88.1 cm³/mol. The number of nitrogens with zero attached hydrogens (tertiary/aromatic N) is 1. The summed E-state index contributed by atoms with van der Waals surface area (Å²) in [6.07, 6.45) is 0. The van der Waals surface area contributed by atoms with Crippen LogP contribution in [0.25, 0.3) is 0 Å². The van der Waals surface area contributed by atoms with Gasteiger partial charge in [-0.25, -0.2) is 13.1 Å². The maximum Gasteiger partial charge on any atom is 0.251 e. The molecule has 3 N–H and O–H groups in total. The molecule has 1 aromatic carbocycles. The molecule has 25 heavy (non-hydrogen) atoms. The van der Waals surface area contributed by atoms with Crippen molar-refractivity contribution in [1.82, 2.24) is 20.2 Å². The third-order valence-corrected chi connectivity index (χ3v) is 5.39. The molecule has 0 atom stereocenters. The van der Waals surface area contributed by atoms with E-state index in [9.17, 15) is 13.2 Å². The van der Waals surface area contributed by atoms with Gasteiger partial charge in [-0.1, -0.05) is 0 Å². The normalized spacial score (nSPS) is 13.0. The van der Waals surface area contributed by atoms with Crippen LogP contribution in [0.3, 0.4) is 0 Å². The lowest BCUT2D eigenvalue weighted by atomic mass is 10.2. The number of aryl methyl sites for hydroxylation is 2. The zero-order chi connectivity index (χ0) is 18.0. The summed E-state index contributed by atoms with van der Waals surface area (Å²) in [6.45, 7) is 3.58. The SMILES string of the molecule is Cc1n[nH]c(C)c1S(=O)(=O)NCCNC(=O)c1ccc2c(c1)OCO2. The number of aromatic amines is 1. The highest BCUT2D eigenvalue weighted by molar-refractivity contribution is 7.89. The Morgan fingerprint density at radius 3 is 2.72 bits per heavy atom. The highest BCUT2D eigenvalue weighted by atomic mass is 32.2. The molecule has 1 amide bonds. The number of rotatable bonds is 6. The molecule has 1 aliphatic rings. The molecule has 1 aromatic heterocycles. The summed E-state index contributed by atoms with van der Waals surface area (Å²) in [5.74, 6) is 0.780. The number of H-pyrrole nitrogens is 1. The van der Waals surface area contributed by atoms with Crippen LogP contribution in [0.1, 0.15) is 21.7 Å². The van der Waals surface area contributed by atoms with Crippen LogP contribution in [0, 0.1) is 13.8 Å². The van der Waals surface area contributed by atoms with Crippen molar-refractivity contribution in [2.75, 3.05) is 19.9 Å². The Morgan fingerprint density at radius 2 is 2.00 bits per heavy atom. The first-order valence-corrected chi connectivity index (χ1v) is 9.06. The van der Waals surface area contributed by atoms with Crippen LogP contribution in [-0.2, 0) is 10.0 Å². The van der Waals surface area contributed by atoms with Crippen LogP contribution in [0.15, 0.2) is 23.1 Å². The summed E-state index contributed by atoms with van der Waals surface area (Å²) >= 11 is 0. The number of carbonyl (C=O) groups excluding carboxylic acids is 1. The molecular formula is C15H18N4O5S. The first kappa shape index (κ1) is 17.2. The summed E-state index contributed by atoms with van der Waals surface area (Å²) in [5.41, 5.74) is 1.28. The summed E-state index contributed by atoms with van der Waals surface area (Å²) in [4.78, 5) is 12.2. The van der Waals surface area contributed by atoms with Gasteiger partial charge in [-0.15, -0.1) is 0 Å². The molecule has 9 nitrogen and oxygen atoms in total. The van der Waals surface area contributed by atoms with E-state index in [1.54, 1.807) is 32.0 Å². The van der Waals surface area contributed by atoms with E-state index in [0.717, 1.165) is 0 Å². The van der Waals surface area contributed by atoms with Crippen molar-refractivity contribution in [2.24, 2.45) is 0 Å². The first-order chi connectivity index (χ1) is 11.9. The van der Waals surface area contributed by atoms with Crippen LogP contribution >= 0.6 is 0 Å². The Labute approximate surface area is 144 Å². The van der Waals surface area contributed by atoms with Gasteiger partial charge in [0.2, 0.25) is 16.8 Å². The van der Waals surface area contributed by atoms with Crippen LogP contribution in [0.5, 0.6) is 11.5 Å². The van der Waals surface area contributed by atoms with E-state index in [1.807, 2.05) is 0 Å². The van der Waals surface area contributed by atoms with E-state index in [2.05, 4.69) is 20.2 Å². The standard InChI is InChI=1S/C15H18N4O5S/c1-9-14(10(2)19-18-9)25(21,22)17-6-5-16-15(20)11-3-4-12-13(7-11)24-8-23-12/h3-4,7,17H,5-6,8H2,1-2H3,(H,16,20)(H,18,19). The van der Waals surface area contributed by atoms with Crippen LogP contribution in [-0.4, -0.2) is 44.4 Å². The second-order valence-corrected chi connectivity index (χ2v) is 7.19. The summed E-state index contributed by atoms with van der Waals surface area (Å²) in [7, 11) is -3.68.